The second kappa shape index (κ2) is 21.3. The first-order valence-corrected chi connectivity index (χ1v) is 21.4. The summed E-state index contributed by atoms with van der Waals surface area (Å²) in [6.45, 7) is 10.1. The number of allylic oxidation sites excluding steroid dienone is 4. The van der Waals surface area contributed by atoms with Gasteiger partial charge in [0.25, 0.3) is 0 Å². The van der Waals surface area contributed by atoms with Crippen molar-refractivity contribution in [1.82, 2.24) is 0 Å². The third-order valence-corrected chi connectivity index (χ3v) is 12.1. The average molecular weight is 803 g/mol. The van der Waals surface area contributed by atoms with Crippen LogP contribution in [0.5, 0.6) is 0 Å². The van der Waals surface area contributed by atoms with E-state index < -0.39 is 54.2 Å². The summed E-state index contributed by atoms with van der Waals surface area (Å²) < 4.78 is 40.7. The molecule has 7 rings (SSSR count). The van der Waals surface area contributed by atoms with Gasteiger partial charge >= 0.3 is 5.97 Å². The number of hydrogen-bond donors (Lipinski definition) is 4. The summed E-state index contributed by atoms with van der Waals surface area (Å²) in [6, 6.07) is 0. The number of ether oxygens (including phenoxy) is 7. The number of esters is 1. The molecule has 4 fully saturated rings. The van der Waals surface area contributed by atoms with Gasteiger partial charge in [0.1, 0.15) is 29.8 Å². The molecule has 7 aliphatic rings. The van der Waals surface area contributed by atoms with E-state index in [1.54, 1.807) is 20.1 Å². The molecule has 4 saturated heterocycles. The molecular weight excluding hydrogens is 732 g/mol. The molecule has 0 saturated carbocycles. The number of aliphatic hydroxyl groups is 4. The molecule has 10 unspecified atom stereocenters. The number of hydrogen-bond acceptors (Lipinski definition) is 12. The highest BCUT2D eigenvalue weighted by Crippen LogP contribution is 2.46. The smallest absolute Gasteiger partial charge is 0.316 e. The van der Waals surface area contributed by atoms with Crippen molar-refractivity contribution in [2.24, 2.45) is 5.92 Å². The fraction of sp³-hybridized carbons (Fsp3) is 0.756. The molecule has 0 amide bonds. The molecule has 0 aromatic heterocycles. The van der Waals surface area contributed by atoms with Gasteiger partial charge in [-0.1, -0.05) is 61.4 Å². The Morgan fingerprint density at radius 1 is 0.930 bits per heavy atom. The van der Waals surface area contributed by atoms with Gasteiger partial charge in [0.2, 0.25) is 0 Å². The molecule has 1 aliphatic carbocycles. The number of fused-ring (bicyclic) bond motifs is 2. The molecule has 6 heterocycles. The van der Waals surface area contributed by atoms with E-state index in [1.807, 2.05) is 26.0 Å². The first kappa shape index (κ1) is 45.8. The van der Waals surface area contributed by atoms with Crippen molar-refractivity contribution in [3.63, 3.8) is 0 Å². The zero-order valence-corrected chi connectivity index (χ0v) is 35.1. The molecule has 4 N–H and O–H groups in total. The Labute approximate surface area is 339 Å². The highest BCUT2D eigenvalue weighted by Gasteiger charge is 2.60. The monoisotopic (exact) mass is 802 g/mol. The summed E-state index contributed by atoms with van der Waals surface area (Å²) >= 11 is 0. The van der Waals surface area contributed by atoms with Crippen molar-refractivity contribution in [2.45, 2.75) is 197 Å². The predicted molar refractivity (Wildman–Crippen MR) is 215 cm³/mol. The Hall–Kier alpha value is -2.23. The lowest BCUT2D eigenvalue weighted by atomic mass is 9.71. The summed E-state index contributed by atoms with van der Waals surface area (Å²) in [7, 11) is 1.66. The summed E-state index contributed by atoms with van der Waals surface area (Å²) in [4.78, 5) is 13.9. The molecule has 57 heavy (non-hydrogen) atoms. The van der Waals surface area contributed by atoms with Crippen LogP contribution < -0.4 is 0 Å². The van der Waals surface area contributed by atoms with E-state index in [0.29, 0.717) is 36.8 Å². The van der Waals surface area contributed by atoms with Crippen molar-refractivity contribution in [1.29, 1.82) is 0 Å². The molecule has 12 nitrogen and oxygen atoms in total. The molecule has 2 bridgehead atoms. The predicted octanol–water partition coefficient (Wildman–Crippen LogP) is 6.40. The highest BCUT2D eigenvalue weighted by atomic mass is 16.7. The van der Waals surface area contributed by atoms with E-state index in [2.05, 4.69) is 38.2 Å². The van der Waals surface area contributed by atoms with Crippen LogP contribution in [-0.2, 0) is 38.0 Å². The lowest BCUT2D eigenvalue weighted by Crippen LogP contribution is -2.58. The summed E-state index contributed by atoms with van der Waals surface area (Å²) in [5.41, 5.74) is 0.775. The maximum Gasteiger partial charge on any atom is 0.316 e. The van der Waals surface area contributed by atoms with Crippen LogP contribution >= 0.6 is 0 Å². The minimum absolute atomic E-state index is 0.0565. The SMILES string of the molecule is CC1CCCC(O)O1.CCCC1CC=CC[C@]2(CC3CC(C/C=C(\C)CC/C=C/C=C4\CO[C@@H]5C(O)C(C)=CC(C(=O)O3)[C@]45O)O2)O1.COC1CC(C)OC(O)C1. The van der Waals surface area contributed by atoms with Crippen molar-refractivity contribution < 1.29 is 58.4 Å². The van der Waals surface area contributed by atoms with Crippen molar-refractivity contribution >= 4 is 5.97 Å². The summed E-state index contributed by atoms with van der Waals surface area (Å²) in [5, 5.41) is 40.8. The Morgan fingerprint density at radius 2 is 1.72 bits per heavy atom. The largest absolute Gasteiger partial charge is 0.462 e. The van der Waals surface area contributed by atoms with Gasteiger partial charge in [-0.2, -0.15) is 0 Å². The normalized spacial score (nSPS) is 43.5. The summed E-state index contributed by atoms with van der Waals surface area (Å²) in [6.07, 6.45) is 22.3. The van der Waals surface area contributed by atoms with E-state index >= 15 is 0 Å². The maximum atomic E-state index is 13.9. The van der Waals surface area contributed by atoms with Crippen molar-refractivity contribution in [2.75, 3.05) is 13.7 Å². The third-order valence-electron chi connectivity index (χ3n) is 12.1. The number of aliphatic hydroxyl groups excluding tert-OH is 3. The van der Waals surface area contributed by atoms with Crippen molar-refractivity contribution in [3.8, 4) is 0 Å². The Balaban J connectivity index is 0.000000281. The Morgan fingerprint density at radius 3 is 2.42 bits per heavy atom. The van der Waals surface area contributed by atoms with E-state index in [9.17, 15) is 15.0 Å². The molecule has 322 valence electrons. The van der Waals surface area contributed by atoms with Gasteiger partial charge in [-0.05, 0) is 96.6 Å². The Bertz CT molecular complexity index is 1440. The molecule has 1 spiro atoms. The molecule has 0 aromatic rings. The van der Waals surface area contributed by atoms with Crippen LogP contribution in [-0.4, -0.2) is 113 Å². The minimum atomic E-state index is -1.68. The number of carbonyl (C=O) groups excluding carboxylic acids is 1. The fourth-order valence-corrected chi connectivity index (χ4v) is 8.96. The molecular formula is C45H70O12. The van der Waals surface area contributed by atoms with Crippen LogP contribution in [0.15, 0.2) is 59.3 Å². The zero-order valence-electron chi connectivity index (χ0n) is 35.1. The average Bonchev–Trinajstić information content (AvgIpc) is 3.38. The van der Waals surface area contributed by atoms with E-state index in [4.69, 9.17) is 43.4 Å². The summed E-state index contributed by atoms with van der Waals surface area (Å²) in [5.74, 6) is -2.35. The maximum absolute atomic E-state index is 13.9. The first-order chi connectivity index (χ1) is 27.2. The lowest BCUT2D eigenvalue weighted by Gasteiger charge is -2.45. The third kappa shape index (κ3) is 12.4. The van der Waals surface area contributed by atoms with Crippen LogP contribution in [0.4, 0.5) is 0 Å². The van der Waals surface area contributed by atoms with Gasteiger partial charge in [-0.15, -0.1) is 0 Å². The molecule has 12 heteroatoms. The van der Waals surface area contributed by atoms with Gasteiger partial charge in [-0.25, -0.2) is 0 Å². The Kier molecular flexibility index (Phi) is 17.2. The zero-order chi connectivity index (χ0) is 41.2. The van der Waals surface area contributed by atoms with E-state index in [-0.39, 0.29) is 37.1 Å². The molecule has 0 aromatic carbocycles. The second-order valence-corrected chi connectivity index (χ2v) is 17.0. The minimum Gasteiger partial charge on any atom is -0.462 e. The van der Waals surface area contributed by atoms with Gasteiger partial charge in [-0.3, -0.25) is 4.79 Å². The van der Waals surface area contributed by atoms with Gasteiger partial charge in [0.15, 0.2) is 18.4 Å². The van der Waals surface area contributed by atoms with E-state index in [0.717, 1.165) is 64.2 Å². The van der Waals surface area contributed by atoms with E-state index in [1.165, 1.54) is 5.57 Å². The van der Waals surface area contributed by atoms with Gasteiger partial charge in [0, 0.05) is 32.8 Å². The second-order valence-electron chi connectivity index (χ2n) is 17.0. The van der Waals surface area contributed by atoms with Gasteiger partial charge < -0.3 is 53.6 Å². The molecule has 13 atom stereocenters. The fourth-order valence-electron chi connectivity index (χ4n) is 8.96. The standard InChI is InChI=1S/C32H44O7.C7H14O3.C6H12O2/c1-4-10-24-13-8-9-16-31(38-24)19-26-18-25(39-31)15-14-21(2)11-6-5-7-12-23-20-36-29-28(33)22(3)17-27(30(34)37-26)32(23,29)35;1-5-3-6(9-2)4-7(8)10-5;1-5-3-2-4-6(7)8-5/h5,7-9,12,14,17,24-29,33,35H,4,6,10-11,13,15-16,18-20H2,1-3H3;5-8H,3-4H2,1-2H3;5-7H,2-4H2,1H3/b7-5+,21-14+,23-12+;;/t24?,25?,26?,27?,28?,29-,31+,32-;;/m1../s1. The number of methoxy groups -OCH3 is 1. The van der Waals surface area contributed by atoms with Crippen LogP contribution in [0.2, 0.25) is 0 Å². The first-order valence-electron chi connectivity index (χ1n) is 21.4. The van der Waals surface area contributed by atoms with Crippen molar-refractivity contribution in [3.05, 3.63) is 59.3 Å². The van der Waals surface area contributed by atoms with Crippen LogP contribution in [0, 0.1) is 5.92 Å². The van der Waals surface area contributed by atoms with Crippen LogP contribution in [0.3, 0.4) is 0 Å². The number of carbonyl (C=O) groups is 1. The van der Waals surface area contributed by atoms with Gasteiger partial charge in [0.05, 0.1) is 37.1 Å². The quantitative estimate of drug-likeness (QED) is 0.184. The molecule has 0 radical (unpaired) electrons. The lowest BCUT2D eigenvalue weighted by molar-refractivity contribution is -0.309. The van der Waals surface area contributed by atoms with Crippen LogP contribution in [0.1, 0.15) is 125 Å². The molecule has 6 aliphatic heterocycles. The van der Waals surface area contributed by atoms with Crippen LogP contribution in [0.25, 0.3) is 0 Å². The topological polar surface area (TPSA) is 163 Å². The number of rotatable bonds is 3. The highest BCUT2D eigenvalue weighted by molar-refractivity contribution is 5.78.